The zero-order chi connectivity index (χ0) is 22.9. The summed E-state index contributed by atoms with van der Waals surface area (Å²) < 4.78 is 7.27. The van der Waals surface area contributed by atoms with Gasteiger partial charge in [-0.15, -0.1) is 11.3 Å². The summed E-state index contributed by atoms with van der Waals surface area (Å²) in [5.41, 5.74) is 3.97. The SMILES string of the molecule is COc1ccc(N2C(=O)/C(=C/c3cccs3)N=C2SCc2cn3cccc(C)c3n2)cc1Cl. The first-order valence-electron chi connectivity index (χ1n) is 10.1. The van der Waals surface area contributed by atoms with Crippen molar-refractivity contribution in [3.05, 3.63) is 87.1 Å². The molecule has 1 aliphatic rings. The summed E-state index contributed by atoms with van der Waals surface area (Å²) in [5.74, 6) is 0.922. The van der Waals surface area contributed by atoms with Crippen LogP contribution < -0.4 is 9.64 Å². The summed E-state index contributed by atoms with van der Waals surface area (Å²) in [4.78, 5) is 25.3. The standard InChI is InChI=1S/C24H19ClN4O2S2/c1-15-5-3-9-28-13-16(26-22(15)28)14-33-24-27-20(12-18-6-4-10-32-18)23(30)29(24)17-7-8-21(31-2)19(25)11-17/h3-13H,14H2,1-2H3/b20-12-. The molecule has 5 rings (SSSR count). The Labute approximate surface area is 204 Å². The number of pyridine rings is 1. The third-order valence-electron chi connectivity index (χ3n) is 5.12. The van der Waals surface area contributed by atoms with Gasteiger partial charge in [-0.2, -0.15) is 0 Å². The van der Waals surface area contributed by atoms with E-state index in [1.807, 2.05) is 59.4 Å². The fourth-order valence-corrected chi connectivity index (χ4v) is 5.34. The number of carbonyl (C=O) groups excluding carboxylic acids is 1. The summed E-state index contributed by atoms with van der Waals surface area (Å²) in [7, 11) is 1.56. The van der Waals surface area contributed by atoms with Crippen LogP contribution in [0.1, 0.15) is 16.1 Å². The van der Waals surface area contributed by atoms with Gasteiger partial charge in [0.25, 0.3) is 5.91 Å². The summed E-state index contributed by atoms with van der Waals surface area (Å²) in [6, 6.07) is 13.2. The number of fused-ring (bicyclic) bond motifs is 1. The van der Waals surface area contributed by atoms with Crippen molar-refractivity contribution in [3.8, 4) is 5.75 Å². The zero-order valence-electron chi connectivity index (χ0n) is 17.9. The number of nitrogens with zero attached hydrogens (tertiary/aromatic N) is 4. The normalized spacial score (nSPS) is 15.0. The summed E-state index contributed by atoms with van der Waals surface area (Å²) in [5, 5.41) is 2.98. The van der Waals surface area contributed by atoms with Crippen molar-refractivity contribution in [2.75, 3.05) is 12.0 Å². The van der Waals surface area contributed by atoms with Gasteiger partial charge in [0.05, 0.1) is 23.5 Å². The molecule has 0 unspecified atom stereocenters. The van der Waals surface area contributed by atoms with Crippen molar-refractivity contribution < 1.29 is 9.53 Å². The molecule has 0 aliphatic carbocycles. The summed E-state index contributed by atoms with van der Waals surface area (Å²) in [6.45, 7) is 2.04. The van der Waals surface area contributed by atoms with Crippen LogP contribution in [-0.4, -0.2) is 27.6 Å². The Morgan fingerprint density at radius 2 is 2.12 bits per heavy atom. The third-order valence-corrected chi connectivity index (χ3v) is 7.21. The highest BCUT2D eigenvalue weighted by Crippen LogP contribution is 2.35. The van der Waals surface area contributed by atoms with Crippen LogP contribution in [0.2, 0.25) is 5.02 Å². The Kier molecular flexibility index (Phi) is 5.97. The van der Waals surface area contributed by atoms with Crippen LogP contribution in [0.3, 0.4) is 0 Å². The van der Waals surface area contributed by atoms with Crippen LogP contribution in [0.15, 0.2) is 70.9 Å². The molecule has 4 aromatic rings. The molecule has 1 aliphatic heterocycles. The smallest absolute Gasteiger partial charge is 0.283 e. The minimum absolute atomic E-state index is 0.196. The highest BCUT2D eigenvalue weighted by Gasteiger charge is 2.32. The van der Waals surface area contributed by atoms with E-state index >= 15 is 0 Å². The van der Waals surface area contributed by atoms with Crippen molar-refractivity contribution in [2.24, 2.45) is 4.99 Å². The Hall–Kier alpha value is -3.07. The second kappa shape index (κ2) is 9.05. The van der Waals surface area contributed by atoms with E-state index in [4.69, 9.17) is 21.3 Å². The van der Waals surface area contributed by atoms with E-state index in [0.717, 1.165) is 21.8 Å². The van der Waals surface area contributed by atoms with Gasteiger partial charge in [0.1, 0.15) is 17.1 Å². The largest absolute Gasteiger partial charge is 0.495 e. The van der Waals surface area contributed by atoms with E-state index in [1.165, 1.54) is 11.8 Å². The Balaban J connectivity index is 1.48. The number of amides is 1. The van der Waals surface area contributed by atoms with Gasteiger partial charge in [0.15, 0.2) is 5.17 Å². The molecule has 0 atom stereocenters. The maximum Gasteiger partial charge on any atom is 0.283 e. The molecule has 0 spiro atoms. The van der Waals surface area contributed by atoms with Gasteiger partial charge in [-0.05, 0) is 54.3 Å². The van der Waals surface area contributed by atoms with E-state index in [9.17, 15) is 4.79 Å². The first-order chi connectivity index (χ1) is 16.0. The number of halogens is 1. The summed E-state index contributed by atoms with van der Waals surface area (Å²) in [6.07, 6.45) is 5.80. The van der Waals surface area contributed by atoms with E-state index in [0.29, 0.717) is 33.1 Å². The lowest BCUT2D eigenvalue weighted by Crippen LogP contribution is -2.30. The average Bonchev–Trinajstić information content (AvgIpc) is 3.53. The molecule has 9 heteroatoms. The molecule has 0 saturated heterocycles. The second-order valence-corrected chi connectivity index (χ2v) is 9.67. The zero-order valence-corrected chi connectivity index (χ0v) is 20.2. The van der Waals surface area contributed by atoms with Gasteiger partial charge in [0, 0.05) is 23.0 Å². The summed E-state index contributed by atoms with van der Waals surface area (Å²) >= 11 is 9.37. The number of aromatic nitrogens is 2. The molecule has 0 radical (unpaired) electrons. The molecular weight excluding hydrogens is 476 g/mol. The molecule has 0 fully saturated rings. The van der Waals surface area contributed by atoms with Crippen molar-refractivity contribution in [3.63, 3.8) is 0 Å². The number of imidazole rings is 1. The number of anilines is 1. The molecule has 3 aromatic heterocycles. The number of amidine groups is 1. The number of aliphatic imine (C=N–C) groups is 1. The van der Waals surface area contributed by atoms with E-state index in [1.54, 1.807) is 41.5 Å². The lowest BCUT2D eigenvalue weighted by atomic mass is 10.2. The monoisotopic (exact) mass is 494 g/mol. The minimum atomic E-state index is -0.196. The highest BCUT2D eigenvalue weighted by atomic mass is 35.5. The number of aryl methyl sites for hydroxylation is 1. The molecule has 166 valence electrons. The first-order valence-corrected chi connectivity index (χ1v) is 12.4. The van der Waals surface area contributed by atoms with Crippen molar-refractivity contribution in [1.82, 2.24) is 9.38 Å². The number of hydrogen-bond acceptors (Lipinski definition) is 6. The first kappa shape index (κ1) is 21.8. The number of ether oxygens (including phenoxy) is 1. The number of hydrogen-bond donors (Lipinski definition) is 0. The molecule has 1 aromatic carbocycles. The number of thiophene rings is 1. The topological polar surface area (TPSA) is 59.2 Å². The van der Waals surface area contributed by atoms with E-state index < -0.39 is 0 Å². The number of carbonyl (C=O) groups is 1. The number of methoxy groups -OCH3 is 1. The fourth-order valence-electron chi connectivity index (χ4n) is 3.54. The predicted octanol–water partition coefficient (Wildman–Crippen LogP) is 6.04. The maximum atomic E-state index is 13.3. The van der Waals surface area contributed by atoms with Crippen molar-refractivity contribution >= 4 is 63.2 Å². The van der Waals surface area contributed by atoms with E-state index in [-0.39, 0.29) is 5.91 Å². The Morgan fingerprint density at radius 3 is 2.85 bits per heavy atom. The lowest BCUT2D eigenvalue weighted by molar-refractivity contribution is -0.113. The number of benzene rings is 1. The van der Waals surface area contributed by atoms with Crippen molar-refractivity contribution in [1.29, 1.82) is 0 Å². The maximum absolute atomic E-state index is 13.3. The van der Waals surface area contributed by atoms with Gasteiger partial charge in [-0.25, -0.2) is 9.98 Å². The second-order valence-electron chi connectivity index (χ2n) is 7.34. The third kappa shape index (κ3) is 4.29. The number of rotatable bonds is 5. The molecule has 4 heterocycles. The molecule has 6 nitrogen and oxygen atoms in total. The number of thioether (sulfide) groups is 1. The Morgan fingerprint density at radius 1 is 1.24 bits per heavy atom. The molecule has 0 saturated carbocycles. The van der Waals surface area contributed by atoms with Crippen LogP contribution in [-0.2, 0) is 10.5 Å². The predicted molar refractivity (Wildman–Crippen MR) is 136 cm³/mol. The van der Waals surface area contributed by atoms with Gasteiger partial charge < -0.3 is 9.14 Å². The van der Waals surface area contributed by atoms with Gasteiger partial charge in [0.2, 0.25) is 0 Å². The fraction of sp³-hybridized carbons (Fsp3) is 0.125. The van der Waals surface area contributed by atoms with Crippen LogP contribution in [0, 0.1) is 6.92 Å². The highest BCUT2D eigenvalue weighted by molar-refractivity contribution is 8.13. The van der Waals surface area contributed by atoms with Crippen LogP contribution in [0.4, 0.5) is 5.69 Å². The molecule has 0 N–H and O–H groups in total. The molecule has 33 heavy (non-hydrogen) atoms. The van der Waals surface area contributed by atoms with Crippen LogP contribution in [0.25, 0.3) is 11.7 Å². The Bertz CT molecular complexity index is 1410. The minimum Gasteiger partial charge on any atom is -0.495 e. The van der Waals surface area contributed by atoms with E-state index in [2.05, 4.69) is 4.99 Å². The van der Waals surface area contributed by atoms with Gasteiger partial charge in [-0.1, -0.05) is 35.5 Å². The van der Waals surface area contributed by atoms with Gasteiger partial charge in [-0.3, -0.25) is 9.69 Å². The lowest BCUT2D eigenvalue weighted by Gasteiger charge is -2.18. The van der Waals surface area contributed by atoms with Crippen molar-refractivity contribution in [2.45, 2.75) is 12.7 Å². The quantitative estimate of drug-likeness (QED) is 0.317. The molecule has 1 amide bonds. The molecule has 0 bridgehead atoms. The average molecular weight is 495 g/mol. The van der Waals surface area contributed by atoms with Gasteiger partial charge >= 0.3 is 0 Å². The van der Waals surface area contributed by atoms with Crippen LogP contribution in [0.5, 0.6) is 5.75 Å². The molecular formula is C24H19ClN4O2S2. The van der Waals surface area contributed by atoms with Crippen LogP contribution >= 0.6 is 34.7 Å².